The Labute approximate surface area is 160 Å². The fourth-order valence-electron chi connectivity index (χ4n) is 2.94. The van der Waals surface area contributed by atoms with Gasteiger partial charge in [0.2, 0.25) is 17.3 Å². The van der Waals surface area contributed by atoms with Crippen LogP contribution in [0, 0.1) is 6.57 Å². The first-order valence-electron chi connectivity index (χ1n) is 8.12. The second kappa shape index (κ2) is 6.40. The summed E-state index contributed by atoms with van der Waals surface area (Å²) in [7, 11) is -4.15. The van der Waals surface area contributed by atoms with Crippen LogP contribution in [0.25, 0.3) is 22.2 Å². The molecule has 0 aliphatic heterocycles. The molecule has 0 spiro atoms. The molecule has 0 amide bonds. The fourth-order valence-corrected chi connectivity index (χ4v) is 4.24. The van der Waals surface area contributed by atoms with Crippen LogP contribution in [0.1, 0.15) is 16.1 Å². The highest BCUT2D eigenvalue weighted by Crippen LogP contribution is 2.33. The van der Waals surface area contributed by atoms with Crippen molar-refractivity contribution in [2.75, 3.05) is 0 Å². The number of rotatable bonds is 3. The van der Waals surface area contributed by atoms with Gasteiger partial charge in [-0.3, -0.25) is 9.59 Å². The lowest BCUT2D eigenvalue weighted by Gasteiger charge is -2.10. The quantitative estimate of drug-likeness (QED) is 0.507. The highest BCUT2D eigenvalue weighted by atomic mass is 32.2. The number of carbonyl (C=O) groups excluding carboxylic acids is 2. The van der Waals surface area contributed by atoms with E-state index in [-0.39, 0.29) is 21.8 Å². The minimum absolute atomic E-state index is 0.0259. The zero-order chi connectivity index (χ0) is 19.9. The van der Waals surface area contributed by atoms with Crippen LogP contribution in [0.3, 0.4) is 0 Å². The summed E-state index contributed by atoms with van der Waals surface area (Å²) in [4.78, 5) is 27.9. The predicted molar refractivity (Wildman–Crippen MR) is 101 cm³/mol. The molecule has 0 saturated heterocycles. The van der Waals surface area contributed by atoms with Gasteiger partial charge in [-0.15, -0.1) is 0 Å². The van der Waals surface area contributed by atoms with Crippen molar-refractivity contribution in [1.29, 1.82) is 0 Å². The Morgan fingerprint density at radius 3 is 2.11 bits per heavy atom. The minimum Gasteiger partial charge on any atom is -0.299 e. The second-order valence-corrected chi connectivity index (χ2v) is 7.70. The van der Waals surface area contributed by atoms with Gasteiger partial charge in [-0.2, -0.15) is 17.6 Å². The average molecular weight is 389 g/mol. The summed E-state index contributed by atoms with van der Waals surface area (Å²) in [6, 6.07) is 16.1. The molecule has 0 atom stereocenters. The van der Waals surface area contributed by atoms with Gasteiger partial charge < -0.3 is 0 Å². The number of Topliss-reactive ketones (excluding diaryl/α,β-unsaturated/α-hetero) is 2. The van der Waals surface area contributed by atoms with Gasteiger partial charge in [0, 0.05) is 5.56 Å². The SMILES string of the molecule is [C-]#[N+]C1=Cc2c(c(-c3ccccc3)nn2S(=O)(=O)c2ccccc2)C(=O)C1=O. The molecule has 0 N–H and O–H groups in total. The first kappa shape index (κ1) is 17.6. The van der Waals surface area contributed by atoms with Crippen molar-refractivity contribution in [2.24, 2.45) is 0 Å². The van der Waals surface area contributed by atoms with Crippen molar-refractivity contribution >= 4 is 27.7 Å². The Morgan fingerprint density at radius 1 is 0.893 bits per heavy atom. The maximum absolute atomic E-state index is 13.1. The molecule has 8 heteroatoms. The maximum atomic E-state index is 13.1. The van der Waals surface area contributed by atoms with Gasteiger partial charge in [0.05, 0.1) is 22.7 Å². The second-order valence-electron chi connectivity index (χ2n) is 5.94. The number of fused-ring (bicyclic) bond motifs is 1. The highest BCUT2D eigenvalue weighted by molar-refractivity contribution is 7.89. The predicted octanol–water partition coefficient (Wildman–Crippen LogP) is 2.81. The normalized spacial score (nSPS) is 13.6. The monoisotopic (exact) mass is 389 g/mol. The number of nitrogens with zero attached hydrogens (tertiary/aromatic N) is 3. The Balaban J connectivity index is 2.07. The number of aromatic nitrogens is 2. The van der Waals surface area contributed by atoms with Crippen molar-refractivity contribution < 1.29 is 18.0 Å². The molecule has 0 radical (unpaired) electrons. The fraction of sp³-hybridized carbons (Fsp3) is 0. The molecule has 28 heavy (non-hydrogen) atoms. The summed E-state index contributed by atoms with van der Waals surface area (Å²) in [6.45, 7) is 7.12. The first-order chi connectivity index (χ1) is 13.4. The molecule has 1 aliphatic rings. The van der Waals surface area contributed by atoms with E-state index < -0.39 is 27.3 Å². The van der Waals surface area contributed by atoms with E-state index in [1.165, 1.54) is 12.1 Å². The van der Waals surface area contributed by atoms with Crippen LogP contribution >= 0.6 is 0 Å². The zero-order valence-corrected chi connectivity index (χ0v) is 15.1. The minimum atomic E-state index is -4.15. The van der Waals surface area contributed by atoms with Gasteiger partial charge in [0.1, 0.15) is 5.69 Å². The van der Waals surface area contributed by atoms with Crippen LogP contribution in [0.5, 0.6) is 0 Å². The number of ketones is 2. The maximum Gasteiger partial charge on any atom is 0.283 e. The van der Waals surface area contributed by atoms with Gasteiger partial charge >= 0.3 is 0 Å². The van der Waals surface area contributed by atoms with Gasteiger partial charge in [-0.1, -0.05) is 48.5 Å². The Morgan fingerprint density at radius 2 is 1.50 bits per heavy atom. The van der Waals surface area contributed by atoms with Crippen LogP contribution in [-0.2, 0) is 14.8 Å². The van der Waals surface area contributed by atoms with Gasteiger partial charge in [0.25, 0.3) is 10.0 Å². The van der Waals surface area contributed by atoms with Gasteiger partial charge in [-0.05, 0) is 18.2 Å². The number of hydrogen-bond donors (Lipinski definition) is 0. The number of carbonyl (C=O) groups is 2. The molecule has 2 aromatic carbocycles. The summed E-state index contributed by atoms with van der Waals surface area (Å²) < 4.78 is 27.0. The van der Waals surface area contributed by atoms with E-state index in [0.29, 0.717) is 5.56 Å². The standard InChI is InChI=1S/C20H11N3O4S/c1-21-15-12-16-17(20(25)19(15)24)18(13-8-4-2-5-9-13)22-23(16)28(26,27)14-10-6-3-7-11-14/h2-12H. The summed E-state index contributed by atoms with van der Waals surface area (Å²) in [5.41, 5.74) is -0.0988. The van der Waals surface area contributed by atoms with Crippen molar-refractivity contribution in [3.05, 3.63) is 89.0 Å². The van der Waals surface area contributed by atoms with Crippen molar-refractivity contribution in [3.8, 4) is 11.3 Å². The highest BCUT2D eigenvalue weighted by Gasteiger charge is 2.37. The van der Waals surface area contributed by atoms with E-state index in [0.717, 1.165) is 10.2 Å². The number of allylic oxidation sites excluding steroid dienone is 1. The zero-order valence-electron chi connectivity index (χ0n) is 14.2. The molecular weight excluding hydrogens is 378 g/mol. The molecule has 136 valence electrons. The molecular formula is C20H11N3O4S. The third kappa shape index (κ3) is 2.57. The molecule has 0 bridgehead atoms. The van der Waals surface area contributed by atoms with Crippen LogP contribution in [0.4, 0.5) is 0 Å². The molecule has 0 unspecified atom stereocenters. The van der Waals surface area contributed by atoms with Crippen molar-refractivity contribution in [3.63, 3.8) is 0 Å². The largest absolute Gasteiger partial charge is 0.299 e. The number of benzene rings is 2. The molecule has 1 aromatic heterocycles. The smallest absolute Gasteiger partial charge is 0.283 e. The van der Waals surface area contributed by atoms with Crippen molar-refractivity contribution in [2.45, 2.75) is 4.90 Å². The Hall–Kier alpha value is -3.83. The molecule has 4 rings (SSSR count). The van der Waals surface area contributed by atoms with Gasteiger partial charge in [0.15, 0.2) is 0 Å². The van der Waals surface area contributed by atoms with Crippen LogP contribution in [0.15, 0.2) is 71.3 Å². The third-order valence-electron chi connectivity index (χ3n) is 4.27. The van der Waals surface area contributed by atoms with E-state index in [9.17, 15) is 18.0 Å². The summed E-state index contributed by atoms with van der Waals surface area (Å²) in [5, 5.41) is 4.17. The van der Waals surface area contributed by atoms with E-state index in [1.54, 1.807) is 48.5 Å². The lowest BCUT2D eigenvalue weighted by atomic mass is 9.94. The molecule has 1 heterocycles. The topological polar surface area (TPSA) is 90.5 Å². The molecule has 1 aliphatic carbocycles. The third-order valence-corrected chi connectivity index (χ3v) is 5.87. The van der Waals surface area contributed by atoms with Crippen LogP contribution < -0.4 is 0 Å². The van der Waals surface area contributed by atoms with E-state index in [2.05, 4.69) is 9.94 Å². The molecule has 3 aromatic rings. The Kier molecular flexibility index (Phi) is 4.02. The molecule has 0 saturated carbocycles. The van der Waals surface area contributed by atoms with E-state index in [1.807, 2.05) is 0 Å². The van der Waals surface area contributed by atoms with Gasteiger partial charge in [-0.25, -0.2) is 4.85 Å². The average Bonchev–Trinajstić information content (AvgIpc) is 3.12. The van der Waals surface area contributed by atoms with Crippen LogP contribution in [0.2, 0.25) is 0 Å². The molecule has 7 nitrogen and oxygen atoms in total. The lowest BCUT2D eigenvalue weighted by Crippen LogP contribution is -2.23. The van der Waals surface area contributed by atoms with E-state index >= 15 is 0 Å². The summed E-state index contributed by atoms with van der Waals surface area (Å²) >= 11 is 0. The summed E-state index contributed by atoms with van der Waals surface area (Å²) in [5.74, 6) is -1.92. The Bertz CT molecular complexity index is 1300. The molecule has 0 fully saturated rings. The van der Waals surface area contributed by atoms with Crippen molar-refractivity contribution in [1.82, 2.24) is 9.19 Å². The van der Waals surface area contributed by atoms with E-state index in [4.69, 9.17) is 6.57 Å². The number of hydrogen-bond acceptors (Lipinski definition) is 5. The van der Waals surface area contributed by atoms with Crippen LogP contribution in [-0.4, -0.2) is 29.2 Å². The lowest BCUT2D eigenvalue weighted by molar-refractivity contribution is -0.111. The first-order valence-corrected chi connectivity index (χ1v) is 9.56. The summed E-state index contributed by atoms with van der Waals surface area (Å²) in [6.07, 6.45) is 1.10.